The smallest absolute Gasteiger partial charge is 0.308 e. The number of hydrogen-bond acceptors (Lipinski definition) is 3. The number of hydrogen-bond donors (Lipinski definition) is 2. The molecule has 2 atom stereocenters. The number of rotatable bonds is 5. The molecule has 1 amide bonds. The fourth-order valence-electron chi connectivity index (χ4n) is 3.38. The molecular weight excluding hydrogens is 325 g/mol. The lowest BCUT2D eigenvalue weighted by molar-refractivity contribution is -0.141. The highest BCUT2D eigenvalue weighted by Crippen LogP contribution is 2.34. The largest absolute Gasteiger partial charge is 0.481 e. The molecule has 7 heteroatoms. The average Bonchev–Trinajstić information content (AvgIpc) is 3.22. The molecule has 132 valence electrons. The van der Waals surface area contributed by atoms with E-state index in [-0.39, 0.29) is 30.7 Å². The van der Waals surface area contributed by atoms with Crippen molar-refractivity contribution in [2.75, 3.05) is 13.1 Å². The van der Waals surface area contributed by atoms with Gasteiger partial charge in [-0.2, -0.15) is 5.10 Å². The number of nitrogens with one attached hydrogen (secondary N) is 1. The van der Waals surface area contributed by atoms with Crippen LogP contribution in [0.2, 0.25) is 0 Å². The number of carboxylic acids is 1. The van der Waals surface area contributed by atoms with Crippen LogP contribution in [-0.2, 0) is 11.2 Å². The van der Waals surface area contributed by atoms with E-state index in [0.29, 0.717) is 12.0 Å². The first-order valence-electron chi connectivity index (χ1n) is 8.31. The van der Waals surface area contributed by atoms with Crippen molar-refractivity contribution in [1.82, 2.24) is 15.1 Å². The number of aromatic amines is 1. The monoisotopic (exact) mass is 345 g/mol. The summed E-state index contributed by atoms with van der Waals surface area (Å²) in [6.07, 6.45) is 3.07. The molecule has 0 radical (unpaired) electrons. The molecule has 0 unspecified atom stereocenters. The van der Waals surface area contributed by atoms with Crippen LogP contribution in [0.3, 0.4) is 0 Å². The fraction of sp³-hybridized carbons (Fsp3) is 0.389. The lowest BCUT2D eigenvalue weighted by Crippen LogP contribution is -2.30. The van der Waals surface area contributed by atoms with Crippen LogP contribution in [0.15, 0.2) is 30.5 Å². The maximum absolute atomic E-state index is 13.1. The van der Waals surface area contributed by atoms with Crippen LogP contribution < -0.4 is 0 Å². The number of aliphatic carboxylic acids is 1. The van der Waals surface area contributed by atoms with Gasteiger partial charge in [0.1, 0.15) is 5.82 Å². The van der Waals surface area contributed by atoms with Crippen LogP contribution in [0.4, 0.5) is 4.39 Å². The number of carbonyl (C=O) groups excluding carboxylic acids is 1. The van der Waals surface area contributed by atoms with E-state index < -0.39 is 11.9 Å². The van der Waals surface area contributed by atoms with Crippen molar-refractivity contribution in [2.45, 2.75) is 25.7 Å². The number of amides is 1. The molecule has 25 heavy (non-hydrogen) atoms. The molecule has 3 rings (SSSR count). The Morgan fingerprint density at radius 1 is 1.32 bits per heavy atom. The van der Waals surface area contributed by atoms with E-state index in [1.165, 1.54) is 18.3 Å². The normalized spacial score (nSPS) is 20.0. The third-order valence-corrected chi connectivity index (χ3v) is 4.67. The minimum atomic E-state index is -0.953. The van der Waals surface area contributed by atoms with Crippen LogP contribution in [-0.4, -0.2) is 45.2 Å². The summed E-state index contributed by atoms with van der Waals surface area (Å²) >= 11 is 0. The van der Waals surface area contributed by atoms with Crippen LogP contribution in [0, 0.1) is 11.7 Å². The van der Waals surface area contributed by atoms with Crippen molar-refractivity contribution in [3.05, 3.63) is 53.1 Å². The fourth-order valence-corrected chi connectivity index (χ4v) is 3.38. The molecule has 1 aromatic carbocycles. The number of carboxylic acid groups (broad SMARTS) is 1. The molecular formula is C18H20FN3O3. The number of likely N-dealkylation sites (tertiary alicyclic amines) is 1. The number of aryl methyl sites for hydroxylation is 1. The second kappa shape index (κ2) is 7.04. The molecule has 0 saturated carbocycles. The first-order valence-corrected chi connectivity index (χ1v) is 8.31. The van der Waals surface area contributed by atoms with E-state index in [1.54, 1.807) is 17.0 Å². The molecule has 2 aromatic rings. The van der Waals surface area contributed by atoms with Crippen LogP contribution in [0.1, 0.15) is 40.9 Å². The van der Waals surface area contributed by atoms with Crippen molar-refractivity contribution >= 4 is 11.9 Å². The average molecular weight is 345 g/mol. The Morgan fingerprint density at radius 2 is 2.04 bits per heavy atom. The molecule has 1 saturated heterocycles. The molecule has 1 aliphatic heterocycles. The first kappa shape index (κ1) is 17.1. The Hall–Kier alpha value is -2.70. The van der Waals surface area contributed by atoms with Crippen LogP contribution in [0.5, 0.6) is 0 Å². The van der Waals surface area contributed by atoms with Gasteiger partial charge in [0.25, 0.3) is 5.91 Å². The molecule has 0 bridgehead atoms. The van der Waals surface area contributed by atoms with Crippen LogP contribution in [0.25, 0.3) is 0 Å². The second-order valence-electron chi connectivity index (χ2n) is 6.33. The third kappa shape index (κ3) is 3.40. The number of carbonyl (C=O) groups is 2. The van der Waals surface area contributed by atoms with Crippen molar-refractivity contribution in [3.8, 4) is 0 Å². The van der Waals surface area contributed by atoms with Gasteiger partial charge in [0.05, 0.1) is 17.7 Å². The Labute approximate surface area is 144 Å². The molecule has 0 spiro atoms. The summed E-state index contributed by atoms with van der Waals surface area (Å²) < 4.78 is 13.1. The van der Waals surface area contributed by atoms with Gasteiger partial charge in [-0.15, -0.1) is 0 Å². The predicted molar refractivity (Wildman–Crippen MR) is 88.8 cm³/mol. The minimum Gasteiger partial charge on any atom is -0.481 e. The lowest BCUT2D eigenvalue weighted by atomic mass is 9.89. The zero-order valence-corrected chi connectivity index (χ0v) is 13.9. The first-order chi connectivity index (χ1) is 12.0. The minimum absolute atomic E-state index is 0.132. The summed E-state index contributed by atoms with van der Waals surface area (Å²) in [6, 6.07) is 5.80. The third-order valence-electron chi connectivity index (χ3n) is 4.67. The Bertz CT molecular complexity index is 772. The maximum atomic E-state index is 13.1. The van der Waals surface area contributed by atoms with E-state index in [2.05, 4.69) is 10.2 Å². The molecule has 1 fully saturated rings. The van der Waals surface area contributed by atoms with Crippen LogP contribution >= 0.6 is 0 Å². The summed E-state index contributed by atoms with van der Waals surface area (Å²) in [5.41, 5.74) is 1.99. The number of nitrogens with zero attached hydrogens (tertiary/aromatic N) is 2. The number of benzene rings is 1. The lowest BCUT2D eigenvalue weighted by Gasteiger charge is -2.16. The molecule has 6 nitrogen and oxygen atoms in total. The van der Waals surface area contributed by atoms with Gasteiger partial charge in [0.2, 0.25) is 0 Å². The SMILES string of the molecule is CCCc1[nH]ncc1C(=O)N1C[C@@H](C(=O)O)[C@H](c2ccc(F)cc2)C1. The summed E-state index contributed by atoms with van der Waals surface area (Å²) in [6.45, 7) is 2.43. The Morgan fingerprint density at radius 3 is 2.68 bits per heavy atom. The maximum Gasteiger partial charge on any atom is 0.308 e. The van der Waals surface area contributed by atoms with E-state index in [9.17, 15) is 19.1 Å². The zero-order chi connectivity index (χ0) is 18.0. The Kier molecular flexibility index (Phi) is 4.83. The van der Waals surface area contributed by atoms with Gasteiger partial charge < -0.3 is 10.0 Å². The molecule has 1 aliphatic rings. The highest BCUT2D eigenvalue weighted by molar-refractivity contribution is 5.95. The number of H-pyrrole nitrogens is 1. The van der Waals surface area contributed by atoms with Gasteiger partial charge in [0, 0.05) is 24.7 Å². The number of halogens is 1. The van der Waals surface area contributed by atoms with E-state index in [0.717, 1.165) is 17.7 Å². The summed E-state index contributed by atoms with van der Waals surface area (Å²) in [4.78, 5) is 26.0. The predicted octanol–water partition coefficient (Wildman–Crippen LogP) is 2.44. The highest BCUT2D eigenvalue weighted by Gasteiger charge is 2.41. The van der Waals surface area contributed by atoms with Gasteiger partial charge in [-0.05, 0) is 24.1 Å². The van der Waals surface area contributed by atoms with Gasteiger partial charge in [0.15, 0.2) is 0 Å². The van der Waals surface area contributed by atoms with Crippen molar-refractivity contribution in [2.24, 2.45) is 5.92 Å². The highest BCUT2D eigenvalue weighted by atomic mass is 19.1. The van der Waals surface area contributed by atoms with E-state index in [4.69, 9.17) is 0 Å². The topological polar surface area (TPSA) is 86.3 Å². The van der Waals surface area contributed by atoms with Crippen molar-refractivity contribution in [3.63, 3.8) is 0 Å². The summed E-state index contributed by atoms with van der Waals surface area (Å²) in [5, 5.41) is 16.3. The van der Waals surface area contributed by atoms with Gasteiger partial charge in [-0.3, -0.25) is 14.7 Å². The van der Waals surface area contributed by atoms with Gasteiger partial charge >= 0.3 is 5.97 Å². The molecule has 2 heterocycles. The van der Waals surface area contributed by atoms with Gasteiger partial charge in [-0.25, -0.2) is 4.39 Å². The second-order valence-corrected chi connectivity index (χ2v) is 6.33. The molecule has 2 N–H and O–H groups in total. The van der Waals surface area contributed by atoms with Crippen molar-refractivity contribution in [1.29, 1.82) is 0 Å². The summed E-state index contributed by atoms with van der Waals surface area (Å²) in [7, 11) is 0. The van der Waals surface area contributed by atoms with E-state index >= 15 is 0 Å². The van der Waals surface area contributed by atoms with E-state index in [1.807, 2.05) is 6.92 Å². The summed E-state index contributed by atoms with van der Waals surface area (Å²) in [5.74, 6) is -2.61. The number of aromatic nitrogens is 2. The quantitative estimate of drug-likeness (QED) is 0.871. The molecule has 0 aliphatic carbocycles. The van der Waals surface area contributed by atoms with Crippen molar-refractivity contribution < 1.29 is 19.1 Å². The molecule has 1 aromatic heterocycles. The standard InChI is InChI=1S/C18H20FN3O3/c1-2-3-16-13(8-20-21-16)17(23)22-9-14(15(10-22)18(24)25)11-4-6-12(19)7-5-11/h4-8,14-15H,2-3,9-10H2,1H3,(H,20,21)(H,24,25)/t14-,15+/m0/s1. The zero-order valence-electron chi connectivity index (χ0n) is 13.9. The Balaban J connectivity index is 1.84. The van der Waals surface area contributed by atoms with Gasteiger partial charge in [-0.1, -0.05) is 25.5 Å².